The van der Waals surface area contributed by atoms with E-state index in [1.165, 1.54) is 12.4 Å². The van der Waals surface area contributed by atoms with Crippen molar-refractivity contribution in [1.82, 2.24) is 15.2 Å². The van der Waals surface area contributed by atoms with E-state index in [0.29, 0.717) is 22.5 Å². The molecule has 1 aliphatic rings. The molecule has 0 aliphatic carbocycles. The average Bonchev–Trinajstić information content (AvgIpc) is 3.12. The molecule has 1 saturated heterocycles. The van der Waals surface area contributed by atoms with Gasteiger partial charge < -0.3 is 16.0 Å². The molecule has 9 heteroatoms. The molecule has 184 valence electrons. The summed E-state index contributed by atoms with van der Waals surface area (Å²) in [6.45, 7) is 1.17. The average molecular weight is 494 g/mol. The molecular weight excluding hydrogens is 470 g/mol. The molecule has 0 radical (unpaired) electrons. The number of rotatable bonds is 6. The summed E-state index contributed by atoms with van der Waals surface area (Å²) in [5.41, 5.74) is 0.654. The molecule has 3 N–H and O–H groups in total. The van der Waals surface area contributed by atoms with Gasteiger partial charge in [-0.2, -0.15) is 0 Å². The van der Waals surface area contributed by atoms with E-state index in [2.05, 4.69) is 20.9 Å². The van der Waals surface area contributed by atoms with E-state index in [0.717, 1.165) is 15.7 Å². The van der Waals surface area contributed by atoms with Crippen molar-refractivity contribution in [2.24, 2.45) is 0 Å². The predicted octanol–water partition coefficient (Wildman–Crippen LogP) is 3.89. The minimum atomic E-state index is -1.29. The van der Waals surface area contributed by atoms with E-state index in [1.54, 1.807) is 49.4 Å². The first-order chi connectivity index (χ1) is 17.8. The molecule has 0 saturated carbocycles. The van der Waals surface area contributed by atoms with E-state index in [9.17, 15) is 19.2 Å². The number of imide groups is 1. The first-order valence-corrected chi connectivity index (χ1v) is 11.6. The molecule has 1 fully saturated rings. The molecule has 5 rings (SSSR count). The third-order valence-electron chi connectivity index (χ3n) is 6.25. The van der Waals surface area contributed by atoms with Crippen LogP contribution in [0.5, 0.6) is 0 Å². The maximum atomic E-state index is 13.3. The topological polar surface area (TPSA) is 120 Å². The van der Waals surface area contributed by atoms with Crippen molar-refractivity contribution < 1.29 is 19.2 Å². The first-order valence-electron chi connectivity index (χ1n) is 11.6. The van der Waals surface area contributed by atoms with Gasteiger partial charge in [0.1, 0.15) is 12.1 Å². The number of hydrogen-bond acceptors (Lipinski definition) is 5. The summed E-state index contributed by atoms with van der Waals surface area (Å²) in [5.74, 6) is -1.39. The second kappa shape index (κ2) is 9.54. The minimum absolute atomic E-state index is 0.321. The molecule has 1 atom stereocenters. The number of aromatic nitrogens is 1. The van der Waals surface area contributed by atoms with Gasteiger partial charge in [-0.15, -0.1) is 0 Å². The Kier molecular flexibility index (Phi) is 6.10. The van der Waals surface area contributed by atoms with E-state index in [-0.39, 0.29) is 5.91 Å². The lowest BCUT2D eigenvalue weighted by Gasteiger charge is -2.22. The third-order valence-corrected chi connectivity index (χ3v) is 6.25. The number of fused-ring (bicyclic) bond motifs is 1. The van der Waals surface area contributed by atoms with Gasteiger partial charge in [0.2, 0.25) is 5.91 Å². The number of pyridine rings is 1. The van der Waals surface area contributed by atoms with Gasteiger partial charge in [0.05, 0.1) is 0 Å². The Morgan fingerprint density at radius 3 is 2.32 bits per heavy atom. The number of benzene rings is 3. The fourth-order valence-electron chi connectivity index (χ4n) is 4.26. The minimum Gasteiger partial charge on any atom is -0.324 e. The van der Waals surface area contributed by atoms with Crippen LogP contribution in [0, 0.1) is 0 Å². The van der Waals surface area contributed by atoms with Gasteiger partial charge in [-0.05, 0) is 59.7 Å². The summed E-state index contributed by atoms with van der Waals surface area (Å²) in [6, 6.07) is 22.4. The van der Waals surface area contributed by atoms with Crippen LogP contribution < -0.4 is 16.0 Å². The van der Waals surface area contributed by atoms with Crippen LogP contribution in [0.2, 0.25) is 0 Å². The molecule has 0 bridgehead atoms. The highest BCUT2D eigenvalue weighted by molar-refractivity contribution is 6.10. The second-order valence-electron chi connectivity index (χ2n) is 8.83. The van der Waals surface area contributed by atoms with Gasteiger partial charge in [0, 0.05) is 29.3 Å². The zero-order valence-corrected chi connectivity index (χ0v) is 19.9. The molecule has 5 amide bonds. The smallest absolute Gasteiger partial charge is 0.324 e. The van der Waals surface area contributed by atoms with Crippen LogP contribution in [-0.2, 0) is 15.1 Å². The molecule has 2 heterocycles. The van der Waals surface area contributed by atoms with E-state index < -0.39 is 29.9 Å². The van der Waals surface area contributed by atoms with E-state index in [4.69, 9.17) is 0 Å². The van der Waals surface area contributed by atoms with Crippen LogP contribution in [0.4, 0.5) is 16.2 Å². The predicted molar refractivity (Wildman–Crippen MR) is 139 cm³/mol. The molecule has 1 unspecified atom stereocenters. The van der Waals surface area contributed by atoms with Crippen molar-refractivity contribution in [1.29, 1.82) is 0 Å². The summed E-state index contributed by atoms with van der Waals surface area (Å²) >= 11 is 0. The van der Waals surface area contributed by atoms with Crippen LogP contribution in [0.25, 0.3) is 10.8 Å². The highest BCUT2D eigenvalue weighted by Crippen LogP contribution is 2.31. The van der Waals surface area contributed by atoms with Gasteiger partial charge in [-0.25, -0.2) is 4.79 Å². The number of amides is 5. The zero-order valence-electron chi connectivity index (χ0n) is 19.9. The zero-order chi connectivity index (χ0) is 26.0. The largest absolute Gasteiger partial charge is 0.325 e. The molecule has 1 aromatic heterocycles. The van der Waals surface area contributed by atoms with Crippen molar-refractivity contribution in [3.8, 4) is 0 Å². The maximum Gasteiger partial charge on any atom is 0.325 e. The van der Waals surface area contributed by atoms with Gasteiger partial charge in [-0.3, -0.25) is 24.3 Å². The molecule has 3 aromatic carbocycles. The van der Waals surface area contributed by atoms with Crippen molar-refractivity contribution in [2.75, 3.05) is 17.2 Å². The second-order valence-corrected chi connectivity index (χ2v) is 8.83. The van der Waals surface area contributed by atoms with Crippen molar-refractivity contribution in [3.05, 3.63) is 102 Å². The monoisotopic (exact) mass is 493 g/mol. The van der Waals surface area contributed by atoms with Gasteiger partial charge in [0.15, 0.2) is 0 Å². The number of carbonyl (C=O) groups is 4. The first kappa shape index (κ1) is 23.7. The lowest BCUT2D eigenvalue weighted by molar-refractivity contribution is -0.133. The number of carbonyl (C=O) groups excluding carboxylic acids is 4. The summed E-state index contributed by atoms with van der Waals surface area (Å²) in [7, 11) is 0. The number of hydrogen-bond donors (Lipinski definition) is 3. The standard InChI is InChI=1S/C28H23N5O4/c1-28(21-10-9-18-5-2-3-6-20(18)15-21)26(36)33(27(37)32-28)17-24(34)30-22-7-4-8-23(16-22)31-25(35)19-11-13-29-14-12-19/h2-16H,17H2,1H3,(H,30,34)(H,31,35)(H,32,37). The highest BCUT2D eigenvalue weighted by Gasteiger charge is 2.49. The summed E-state index contributed by atoms with van der Waals surface area (Å²) < 4.78 is 0. The van der Waals surface area contributed by atoms with Gasteiger partial charge >= 0.3 is 6.03 Å². The molecule has 0 spiro atoms. The fourth-order valence-corrected chi connectivity index (χ4v) is 4.26. The van der Waals surface area contributed by atoms with Crippen molar-refractivity contribution in [2.45, 2.75) is 12.5 Å². The van der Waals surface area contributed by atoms with E-state index in [1.807, 2.05) is 36.4 Å². The maximum absolute atomic E-state index is 13.3. The third kappa shape index (κ3) is 4.74. The van der Waals surface area contributed by atoms with Crippen LogP contribution in [0.1, 0.15) is 22.8 Å². The summed E-state index contributed by atoms with van der Waals surface area (Å²) in [6.07, 6.45) is 3.04. The van der Waals surface area contributed by atoms with E-state index >= 15 is 0 Å². The number of nitrogens with zero attached hydrogens (tertiary/aromatic N) is 2. The molecule has 37 heavy (non-hydrogen) atoms. The van der Waals surface area contributed by atoms with Crippen molar-refractivity contribution >= 4 is 45.9 Å². The fraction of sp³-hybridized carbons (Fsp3) is 0.107. The Hall–Kier alpha value is -5.05. The SMILES string of the molecule is CC1(c2ccc3ccccc3c2)NC(=O)N(CC(=O)Nc2cccc(NC(=O)c3ccncc3)c2)C1=O. The normalized spacial score (nSPS) is 16.9. The van der Waals surface area contributed by atoms with Crippen molar-refractivity contribution in [3.63, 3.8) is 0 Å². The van der Waals surface area contributed by atoms with Crippen LogP contribution >= 0.6 is 0 Å². The summed E-state index contributed by atoms with van der Waals surface area (Å²) in [4.78, 5) is 55.9. The molecule has 9 nitrogen and oxygen atoms in total. The Labute approximate surface area is 212 Å². The number of urea groups is 1. The Bertz CT molecular complexity index is 1540. The lowest BCUT2D eigenvalue weighted by Crippen LogP contribution is -2.42. The Morgan fingerprint density at radius 2 is 1.57 bits per heavy atom. The number of anilines is 2. The molecule has 1 aliphatic heterocycles. The molecular formula is C28H23N5O4. The van der Waals surface area contributed by atoms with Gasteiger partial charge in [0.25, 0.3) is 11.8 Å². The quantitative estimate of drug-likeness (QED) is 0.352. The van der Waals surface area contributed by atoms with Crippen LogP contribution in [0.15, 0.2) is 91.3 Å². The van der Waals surface area contributed by atoms with Crippen LogP contribution in [0.3, 0.4) is 0 Å². The number of nitrogens with one attached hydrogen (secondary N) is 3. The Balaban J connectivity index is 1.26. The summed E-state index contributed by atoms with van der Waals surface area (Å²) in [5, 5.41) is 10.1. The lowest BCUT2D eigenvalue weighted by atomic mass is 9.90. The van der Waals surface area contributed by atoms with Gasteiger partial charge in [-0.1, -0.05) is 42.5 Å². The van der Waals surface area contributed by atoms with Crippen LogP contribution in [-0.4, -0.2) is 40.2 Å². The Morgan fingerprint density at radius 1 is 0.865 bits per heavy atom. The molecule has 4 aromatic rings. The highest BCUT2D eigenvalue weighted by atomic mass is 16.2.